The first-order valence-electron chi connectivity index (χ1n) is 3.43. The zero-order chi connectivity index (χ0) is 9.78. The van der Waals surface area contributed by atoms with Crippen molar-refractivity contribution in [3.05, 3.63) is 11.6 Å². The third-order valence-electron chi connectivity index (χ3n) is 0.845. The fourth-order valence-electron chi connectivity index (χ4n) is 0.525. The third-order valence-corrected chi connectivity index (χ3v) is 2.28. The fraction of sp³-hybridized carbons (Fsp3) is 0.667. The Labute approximate surface area is 78.2 Å². The van der Waals surface area contributed by atoms with Gasteiger partial charge in [0.15, 0.2) is 0 Å². The lowest BCUT2D eigenvalue weighted by molar-refractivity contribution is 0.558. The molecule has 0 aromatic carbocycles. The molecule has 6 heteroatoms. The SMILES string of the molecule is C=C(Cl)CNS(=O)(=O)NC(C)C. The molecule has 0 heterocycles. The van der Waals surface area contributed by atoms with Gasteiger partial charge >= 0.3 is 0 Å². The topological polar surface area (TPSA) is 58.2 Å². The second kappa shape index (κ2) is 4.81. The van der Waals surface area contributed by atoms with Crippen molar-refractivity contribution in [3.8, 4) is 0 Å². The molecule has 0 rings (SSSR count). The summed E-state index contributed by atoms with van der Waals surface area (Å²) in [6.07, 6.45) is 0. The van der Waals surface area contributed by atoms with Gasteiger partial charge in [-0.25, -0.2) is 0 Å². The molecule has 0 aromatic rings. The van der Waals surface area contributed by atoms with Crippen molar-refractivity contribution in [3.63, 3.8) is 0 Å². The van der Waals surface area contributed by atoms with Crippen LogP contribution in [0.2, 0.25) is 0 Å². The van der Waals surface area contributed by atoms with E-state index >= 15 is 0 Å². The Hall–Kier alpha value is -0.100. The summed E-state index contributed by atoms with van der Waals surface area (Å²) < 4.78 is 26.6. The Kier molecular flexibility index (Phi) is 4.77. The molecule has 0 aliphatic rings. The van der Waals surface area contributed by atoms with Crippen LogP contribution in [0.15, 0.2) is 11.6 Å². The van der Waals surface area contributed by atoms with Crippen LogP contribution >= 0.6 is 11.6 Å². The zero-order valence-electron chi connectivity index (χ0n) is 7.09. The number of hydrogen-bond donors (Lipinski definition) is 2. The van der Waals surface area contributed by atoms with Crippen molar-refractivity contribution in [2.24, 2.45) is 0 Å². The molecule has 0 fully saturated rings. The zero-order valence-corrected chi connectivity index (χ0v) is 8.67. The van der Waals surface area contributed by atoms with E-state index in [0.717, 1.165) is 0 Å². The molecule has 0 atom stereocenters. The second-order valence-electron chi connectivity index (χ2n) is 2.61. The monoisotopic (exact) mass is 212 g/mol. The maximum atomic E-state index is 11.0. The van der Waals surface area contributed by atoms with Gasteiger partial charge in [0, 0.05) is 17.6 Å². The maximum absolute atomic E-state index is 11.0. The molecule has 0 unspecified atom stereocenters. The van der Waals surface area contributed by atoms with Crippen LogP contribution in [0.3, 0.4) is 0 Å². The van der Waals surface area contributed by atoms with Crippen LogP contribution < -0.4 is 9.44 Å². The third kappa shape index (κ3) is 6.60. The largest absolute Gasteiger partial charge is 0.277 e. The molecule has 0 spiro atoms. The van der Waals surface area contributed by atoms with E-state index in [-0.39, 0.29) is 17.6 Å². The molecule has 0 radical (unpaired) electrons. The van der Waals surface area contributed by atoms with Gasteiger partial charge in [0.25, 0.3) is 10.2 Å². The minimum Gasteiger partial charge on any atom is -0.200 e. The smallest absolute Gasteiger partial charge is 0.200 e. The summed E-state index contributed by atoms with van der Waals surface area (Å²) in [4.78, 5) is 0. The molecule has 12 heavy (non-hydrogen) atoms. The van der Waals surface area contributed by atoms with E-state index in [4.69, 9.17) is 11.6 Å². The molecular weight excluding hydrogens is 200 g/mol. The molecule has 72 valence electrons. The van der Waals surface area contributed by atoms with E-state index in [0.29, 0.717) is 0 Å². The van der Waals surface area contributed by atoms with Gasteiger partial charge in [0.2, 0.25) is 0 Å². The first-order valence-corrected chi connectivity index (χ1v) is 5.30. The average molecular weight is 213 g/mol. The Morgan fingerprint density at radius 1 is 1.58 bits per heavy atom. The van der Waals surface area contributed by atoms with Gasteiger partial charge in [-0.05, 0) is 13.8 Å². The number of rotatable bonds is 5. The Morgan fingerprint density at radius 3 is 2.42 bits per heavy atom. The number of hydrogen-bond acceptors (Lipinski definition) is 2. The van der Waals surface area contributed by atoms with Crippen molar-refractivity contribution >= 4 is 21.8 Å². The molecule has 0 aliphatic carbocycles. The molecule has 0 bridgehead atoms. The van der Waals surface area contributed by atoms with Crippen molar-refractivity contribution in [1.29, 1.82) is 0 Å². The van der Waals surface area contributed by atoms with E-state index in [1.807, 2.05) is 0 Å². The van der Waals surface area contributed by atoms with Crippen LogP contribution in [0.25, 0.3) is 0 Å². The number of nitrogens with one attached hydrogen (secondary N) is 2. The van der Waals surface area contributed by atoms with Crippen LogP contribution in [-0.2, 0) is 10.2 Å². The molecular formula is C6H13ClN2O2S. The van der Waals surface area contributed by atoms with Crippen LogP contribution in [0.1, 0.15) is 13.8 Å². The minimum absolute atomic E-state index is 0.0452. The average Bonchev–Trinajstić information content (AvgIpc) is 1.81. The van der Waals surface area contributed by atoms with E-state index in [1.165, 1.54) is 0 Å². The van der Waals surface area contributed by atoms with E-state index in [9.17, 15) is 8.42 Å². The molecule has 0 aromatic heterocycles. The Bertz CT molecular complexity index is 248. The molecule has 4 nitrogen and oxygen atoms in total. The van der Waals surface area contributed by atoms with Gasteiger partial charge in [0.05, 0.1) is 0 Å². The Balaban J connectivity index is 3.98. The quantitative estimate of drug-likeness (QED) is 0.700. The lowest BCUT2D eigenvalue weighted by Crippen LogP contribution is -2.40. The lowest BCUT2D eigenvalue weighted by atomic mass is 10.4. The highest BCUT2D eigenvalue weighted by Gasteiger charge is 2.09. The van der Waals surface area contributed by atoms with Crippen molar-refractivity contribution in [1.82, 2.24) is 9.44 Å². The van der Waals surface area contributed by atoms with Gasteiger partial charge in [0.1, 0.15) is 0 Å². The summed E-state index contributed by atoms with van der Waals surface area (Å²) in [6, 6.07) is -0.133. The predicted molar refractivity (Wildman–Crippen MR) is 50.2 cm³/mol. The summed E-state index contributed by atoms with van der Waals surface area (Å²) in [5.74, 6) is 0. The minimum atomic E-state index is -3.42. The van der Waals surface area contributed by atoms with Crippen molar-refractivity contribution < 1.29 is 8.42 Å². The van der Waals surface area contributed by atoms with Gasteiger partial charge in [-0.2, -0.15) is 17.9 Å². The normalized spacial score (nSPS) is 12.0. The van der Waals surface area contributed by atoms with Crippen molar-refractivity contribution in [2.45, 2.75) is 19.9 Å². The summed E-state index contributed by atoms with van der Waals surface area (Å²) in [5, 5.41) is 0.254. The van der Waals surface area contributed by atoms with E-state index in [2.05, 4.69) is 16.0 Å². The highest BCUT2D eigenvalue weighted by atomic mass is 35.5. The number of halogens is 1. The van der Waals surface area contributed by atoms with Gasteiger partial charge in [-0.3, -0.25) is 0 Å². The maximum Gasteiger partial charge on any atom is 0.277 e. The van der Waals surface area contributed by atoms with Crippen LogP contribution in [-0.4, -0.2) is 21.0 Å². The lowest BCUT2D eigenvalue weighted by Gasteiger charge is -2.09. The molecule has 0 aliphatic heterocycles. The van der Waals surface area contributed by atoms with Crippen LogP contribution in [0.5, 0.6) is 0 Å². The summed E-state index contributed by atoms with van der Waals surface area (Å²) in [6.45, 7) is 6.86. The highest BCUT2D eigenvalue weighted by molar-refractivity contribution is 7.87. The standard InChI is InChI=1S/C6H13ClN2O2S/c1-5(2)9-12(10,11)8-4-6(3)7/h5,8-9H,3-4H2,1-2H3. The fourth-order valence-corrected chi connectivity index (χ4v) is 1.74. The van der Waals surface area contributed by atoms with Gasteiger partial charge in [-0.1, -0.05) is 18.2 Å². The summed E-state index contributed by atoms with van der Waals surface area (Å²) in [5.41, 5.74) is 0. The highest BCUT2D eigenvalue weighted by Crippen LogP contribution is 1.93. The van der Waals surface area contributed by atoms with Crippen molar-refractivity contribution in [2.75, 3.05) is 6.54 Å². The summed E-state index contributed by atoms with van der Waals surface area (Å²) in [7, 11) is -3.42. The van der Waals surface area contributed by atoms with Crippen LogP contribution in [0.4, 0.5) is 0 Å². The first kappa shape index (κ1) is 11.9. The summed E-state index contributed by atoms with van der Waals surface area (Å²) >= 11 is 5.37. The predicted octanol–water partition coefficient (Wildman–Crippen LogP) is 0.571. The van der Waals surface area contributed by atoms with Crippen LogP contribution in [0, 0.1) is 0 Å². The second-order valence-corrected chi connectivity index (χ2v) is 4.68. The molecule has 0 saturated heterocycles. The van der Waals surface area contributed by atoms with E-state index < -0.39 is 10.2 Å². The molecule has 0 saturated carbocycles. The van der Waals surface area contributed by atoms with Gasteiger partial charge in [-0.15, -0.1) is 0 Å². The molecule has 2 N–H and O–H groups in total. The van der Waals surface area contributed by atoms with Gasteiger partial charge < -0.3 is 0 Å². The molecule has 0 amide bonds. The first-order chi connectivity index (χ1) is 5.33. The Morgan fingerprint density at radius 2 is 2.08 bits per heavy atom. The van der Waals surface area contributed by atoms with E-state index in [1.54, 1.807) is 13.8 Å².